The van der Waals surface area contributed by atoms with E-state index < -0.39 is 9.84 Å². The highest BCUT2D eigenvalue weighted by Gasteiger charge is 2.22. The minimum Gasteiger partial charge on any atom is -0.342 e. The van der Waals surface area contributed by atoms with Crippen molar-refractivity contribution < 1.29 is 13.2 Å². The van der Waals surface area contributed by atoms with Gasteiger partial charge in [-0.3, -0.25) is 4.79 Å². The molecule has 0 aliphatic carbocycles. The molecule has 80 valence electrons. The van der Waals surface area contributed by atoms with E-state index in [0.717, 1.165) is 12.8 Å². The highest BCUT2D eigenvalue weighted by atomic mass is 32.2. The Hall–Kier alpha value is -0.840. The van der Waals surface area contributed by atoms with Crippen molar-refractivity contribution in [2.24, 2.45) is 0 Å². The van der Waals surface area contributed by atoms with Gasteiger partial charge in [0.05, 0.1) is 5.75 Å². The molecule has 1 saturated heterocycles. The lowest BCUT2D eigenvalue weighted by molar-refractivity contribution is -0.127. The number of carbonyl (C=O) groups excluding carboxylic acids is 1. The summed E-state index contributed by atoms with van der Waals surface area (Å²) in [6.07, 6.45) is 3.27. The molecule has 4 nitrogen and oxygen atoms in total. The van der Waals surface area contributed by atoms with E-state index in [-0.39, 0.29) is 17.4 Å². The molecule has 1 rings (SSSR count). The number of likely N-dealkylation sites (tertiary alicyclic amines) is 1. The Balaban J connectivity index is 2.51. The third kappa shape index (κ3) is 3.14. The highest BCUT2D eigenvalue weighted by Crippen LogP contribution is 2.08. The highest BCUT2D eigenvalue weighted by molar-refractivity contribution is 7.92. The summed E-state index contributed by atoms with van der Waals surface area (Å²) in [5.74, 6) is -0.768. The monoisotopic (exact) mass is 217 g/mol. The Morgan fingerprint density at radius 3 is 2.43 bits per heavy atom. The van der Waals surface area contributed by atoms with Crippen LogP contribution < -0.4 is 0 Å². The average Bonchev–Trinajstić information content (AvgIpc) is 2.53. The Kier molecular flexibility index (Phi) is 3.69. The molecule has 0 aromatic carbocycles. The van der Waals surface area contributed by atoms with Gasteiger partial charge in [0.1, 0.15) is 5.75 Å². The van der Waals surface area contributed by atoms with Gasteiger partial charge in [0.2, 0.25) is 5.91 Å². The second-order valence-corrected chi connectivity index (χ2v) is 5.54. The molecule has 1 amide bonds. The van der Waals surface area contributed by atoms with Crippen molar-refractivity contribution in [3.63, 3.8) is 0 Å². The maximum atomic E-state index is 11.4. The van der Waals surface area contributed by atoms with Crippen LogP contribution in [0, 0.1) is 0 Å². The molecule has 0 spiro atoms. The summed E-state index contributed by atoms with van der Waals surface area (Å²) in [6.45, 7) is 4.74. The van der Waals surface area contributed by atoms with E-state index in [1.165, 1.54) is 6.08 Å². The summed E-state index contributed by atoms with van der Waals surface area (Å²) in [5, 5.41) is 0. The Morgan fingerprint density at radius 1 is 1.36 bits per heavy atom. The molecule has 0 N–H and O–H groups in total. The van der Waals surface area contributed by atoms with Crippen LogP contribution in [0.25, 0.3) is 0 Å². The minimum atomic E-state index is -3.28. The van der Waals surface area contributed by atoms with Crippen LogP contribution in [-0.4, -0.2) is 43.8 Å². The maximum Gasteiger partial charge on any atom is 0.237 e. The van der Waals surface area contributed by atoms with Crippen molar-refractivity contribution in [2.75, 3.05) is 24.6 Å². The predicted molar refractivity (Wildman–Crippen MR) is 54.7 cm³/mol. The molecular formula is C9H15NO3S. The average molecular weight is 217 g/mol. The lowest BCUT2D eigenvalue weighted by Gasteiger charge is -2.14. The zero-order valence-corrected chi connectivity index (χ0v) is 8.92. The van der Waals surface area contributed by atoms with Gasteiger partial charge >= 0.3 is 0 Å². The van der Waals surface area contributed by atoms with E-state index in [1.54, 1.807) is 4.90 Å². The van der Waals surface area contributed by atoms with Gasteiger partial charge in [-0.2, -0.15) is 0 Å². The van der Waals surface area contributed by atoms with Gasteiger partial charge in [0.15, 0.2) is 9.84 Å². The maximum absolute atomic E-state index is 11.4. The molecule has 0 aromatic rings. The second-order valence-electron chi connectivity index (χ2n) is 3.43. The third-order valence-corrected chi connectivity index (χ3v) is 3.60. The van der Waals surface area contributed by atoms with Crippen LogP contribution in [0.5, 0.6) is 0 Å². The molecule has 1 fully saturated rings. The van der Waals surface area contributed by atoms with Gasteiger partial charge in [0.25, 0.3) is 0 Å². The SMILES string of the molecule is C=CCS(=O)(=O)CC(=O)N1CCCC1. The summed E-state index contributed by atoms with van der Waals surface area (Å²) >= 11 is 0. The zero-order valence-electron chi connectivity index (χ0n) is 8.11. The lowest BCUT2D eigenvalue weighted by Crippen LogP contribution is -2.33. The second kappa shape index (κ2) is 4.59. The van der Waals surface area contributed by atoms with Crippen molar-refractivity contribution in [2.45, 2.75) is 12.8 Å². The molecule has 5 heteroatoms. The van der Waals surface area contributed by atoms with Crippen LogP contribution in [-0.2, 0) is 14.6 Å². The Morgan fingerprint density at radius 2 is 1.93 bits per heavy atom. The fraction of sp³-hybridized carbons (Fsp3) is 0.667. The fourth-order valence-corrected chi connectivity index (χ4v) is 2.52. The van der Waals surface area contributed by atoms with E-state index >= 15 is 0 Å². The number of sulfone groups is 1. The van der Waals surface area contributed by atoms with Gasteiger partial charge in [-0.05, 0) is 12.8 Å². The Bertz CT molecular complexity index is 315. The first-order valence-corrected chi connectivity index (χ1v) is 6.46. The number of hydrogen-bond acceptors (Lipinski definition) is 3. The van der Waals surface area contributed by atoms with Crippen LogP contribution in [0.4, 0.5) is 0 Å². The largest absolute Gasteiger partial charge is 0.342 e. The van der Waals surface area contributed by atoms with Gasteiger partial charge in [-0.1, -0.05) is 6.08 Å². The quantitative estimate of drug-likeness (QED) is 0.632. The standard InChI is InChI=1S/C9H15NO3S/c1-2-7-14(12,13)8-9(11)10-5-3-4-6-10/h2H,1,3-8H2. The van der Waals surface area contributed by atoms with Gasteiger partial charge < -0.3 is 4.90 Å². The van der Waals surface area contributed by atoms with Crippen molar-refractivity contribution in [1.29, 1.82) is 0 Å². The van der Waals surface area contributed by atoms with Gasteiger partial charge in [0, 0.05) is 13.1 Å². The number of carbonyl (C=O) groups is 1. The molecule has 0 unspecified atom stereocenters. The van der Waals surface area contributed by atoms with Crippen LogP contribution in [0.3, 0.4) is 0 Å². The van der Waals surface area contributed by atoms with Gasteiger partial charge in [-0.15, -0.1) is 6.58 Å². The molecule has 0 radical (unpaired) electrons. The summed E-state index contributed by atoms with van der Waals surface area (Å²) < 4.78 is 22.6. The summed E-state index contributed by atoms with van der Waals surface area (Å²) in [7, 11) is -3.28. The molecule has 1 aliphatic heterocycles. The number of nitrogens with zero attached hydrogens (tertiary/aromatic N) is 1. The molecule has 1 aliphatic rings. The van der Waals surface area contributed by atoms with E-state index in [0.29, 0.717) is 13.1 Å². The van der Waals surface area contributed by atoms with Crippen molar-refractivity contribution in [1.82, 2.24) is 4.90 Å². The smallest absolute Gasteiger partial charge is 0.237 e. The predicted octanol–water partition coefficient (Wildman–Crippen LogP) is 0.210. The van der Waals surface area contributed by atoms with Crippen LogP contribution in [0.1, 0.15) is 12.8 Å². The van der Waals surface area contributed by atoms with Crippen molar-refractivity contribution >= 4 is 15.7 Å². The van der Waals surface area contributed by atoms with Crippen molar-refractivity contribution in [3.05, 3.63) is 12.7 Å². The number of rotatable bonds is 4. The fourth-order valence-electron chi connectivity index (χ4n) is 1.48. The van der Waals surface area contributed by atoms with Crippen LogP contribution >= 0.6 is 0 Å². The molecule has 0 atom stereocenters. The normalized spacial score (nSPS) is 17.0. The number of amides is 1. The molecule has 14 heavy (non-hydrogen) atoms. The number of hydrogen-bond donors (Lipinski definition) is 0. The first-order valence-electron chi connectivity index (χ1n) is 4.64. The summed E-state index contributed by atoms with van der Waals surface area (Å²) in [6, 6.07) is 0. The molecule has 0 bridgehead atoms. The summed E-state index contributed by atoms with van der Waals surface area (Å²) in [4.78, 5) is 13.1. The van der Waals surface area contributed by atoms with Crippen molar-refractivity contribution in [3.8, 4) is 0 Å². The third-order valence-electron chi connectivity index (χ3n) is 2.17. The zero-order chi connectivity index (χ0) is 10.6. The van der Waals surface area contributed by atoms with E-state index in [4.69, 9.17) is 0 Å². The van der Waals surface area contributed by atoms with Crippen LogP contribution in [0.15, 0.2) is 12.7 Å². The molecular weight excluding hydrogens is 202 g/mol. The van der Waals surface area contributed by atoms with E-state index in [1.807, 2.05) is 0 Å². The van der Waals surface area contributed by atoms with Gasteiger partial charge in [-0.25, -0.2) is 8.42 Å². The van der Waals surface area contributed by atoms with E-state index in [2.05, 4.69) is 6.58 Å². The topological polar surface area (TPSA) is 54.5 Å². The Labute approximate surface area is 84.5 Å². The first kappa shape index (κ1) is 11.2. The summed E-state index contributed by atoms with van der Waals surface area (Å²) in [5.41, 5.74) is 0. The minimum absolute atomic E-state index is 0.118. The molecule has 0 saturated carbocycles. The van der Waals surface area contributed by atoms with E-state index in [9.17, 15) is 13.2 Å². The lowest BCUT2D eigenvalue weighted by atomic mass is 10.4. The first-order chi connectivity index (χ1) is 6.55. The molecule has 1 heterocycles. The molecule has 0 aromatic heterocycles. The van der Waals surface area contributed by atoms with Crippen LogP contribution in [0.2, 0.25) is 0 Å².